The summed E-state index contributed by atoms with van der Waals surface area (Å²) in [5.74, 6) is -0.0443. The van der Waals surface area contributed by atoms with Gasteiger partial charge in [0.05, 0.1) is 18.5 Å². The standard InChI is InChI=1S/C19H22N4O5S/c1-28-9-4-8-22-15(18(24)20-13-6-10-29(26,27)12-13)11-14-17(22)21-16-5-2-3-7-23(16)19(14)25/h2-3,5,7,11,13H,4,6,8-10,12H2,1H3,(H,20,24)/p+2/t13-/m1/s1. The van der Waals surface area contributed by atoms with Crippen LogP contribution in [0.4, 0.5) is 0 Å². The van der Waals surface area contributed by atoms with Crippen molar-refractivity contribution < 1.29 is 28.2 Å². The lowest BCUT2D eigenvalue weighted by molar-refractivity contribution is -0.503. The first kappa shape index (κ1) is 19.6. The minimum absolute atomic E-state index is 0.0143. The van der Waals surface area contributed by atoms with Gasteiger partial charge in [-0.3, -0.25) is 0 Å². The number of rotatable bonds is 6. The van der Waals surface area contributed by atoms with Gasteiger partial charge in [0.15, 0.2) is 15.9 Å². The number of ether oxygens (including phenoxy) is 1. The van der Waals surface area contributed by atoms with Gasteiger partial charge in [-0.2, -0.15) is 4.40 Å². The van der Waals surface area contributed by atoms with Gasteiger partial charge in [0.1, 0.15) is 11.1 Å². The molecule has 1 aliphatic rings. The molecule has 0 unspecified atom stereocenters. The van der Waals surface area contributed by atoms with Crippen LogP contribution in [0.1, 0.15) is 18.5 Å². The van der Waals surface area contributed by atoms with E-state index in [1.54, 1.807) is 31.5 Å². The zero-order valence-corrected chi connectivity index (χ0v) is 16.9. The molecule has 154 valence electrons. The van der Waals surface area contributed by atoms with E-state index in [-0.39, 0.29) is 29.0 Å². The predicted octanol–water partition coefficient (Wildman–Crippen LogP) is -1.32. The third-order valence-electron chi connectivity index (χ3n) is 5.20. The van der Waals surface area contributed by atoms with Gasteiger partial charge < -0.3 is 9.84 Å². The third-order valence-corrected chi connectivity index (χ3v) is 6.97. The molecule has 29 heavy (non-hydrogen) atoms. The fourth-order valence-electron chi connectivity index (χ4n) is 3.79. The second-order valence-electron chi connectivity index (χ2n) is 7.27. The van der Waals surface area contributed by atoms with Crippen molar-refractivity contribution >= 4 is 32.4 Å². The summed E-state index contributed by atoms with van der Waals surface area (Å²) in [4.78, 5) is 19.1. The second-order valence-corrected chi connectivity index (χ2v) is 9.50. The summed E-state index contributed by atoms with van der Waals surface area (Å²) in [6, 6.07) is 6.69. The highest BCUT2D eigenvalue weighted by molar-refractivity contribution is 7.91. The summed E-state index contributed by atoms with van der Waals surface area (Å²) >= 11 is 0. The van der Waals surface area contributed by atoms with E-state index >= 15 is 0 Å². The molecule has 4 heterocycles. The Hall–Kier alpha value is -2.72. The number of aromatic nitrogens is 3. The van der Waals surface area contributed by atoms with Crippen LogP contribution in [0, 0.1) is 0 Å². The number of pyridine rings is 1. The van der Waals surface area contributed by atoms with Gasteiger partial charge in [0.2, 0.25) is 17.0 Å². The van der Waals surface area contributed by atoms with Crippen LogP contribution in [0.5, 0.6) is 0 Å². The van der Waals surface area contributed by atoms with Gasteiger partial charge in [0.25, 0.3) is 0 Å². The van der Waals surface area contributed by atoms with Crippen molar-refractivity contribution in [3.63, 3.8) is 0 Å². The number of H-pyrrole nitrogens is 1. The second kappa shape index (κ2) is 7.60. The largest absolute Gasteiger partial charge is 0.458 e. The Morgan fingerprint density at radius 3 is 2.97 bits per heavy atom. The highest BCUT2D eigenvalue weighted by atomic mass is 32.2. The van der Waals surface area contributed by atoms with Gasteiger partial charge in [-0.05, 0) is 6.07 Å². The summed E-state index contributed by atoms with van der Waals surface area (Å²) in [6.07, 6.45) is 2.80. The first-order valence-electron chi connectivity index (χ1n) is 9.48. The number of hydrogen-bond acceptors (Lipinski definition) is 4. The molecule has 0 spiro atoms. The molecule has 4 rings (SSSR count). The maximum atomic E-state index is 13.0. The highest BCUT2D eigenvalue weighted by Gasteiger charge is 2.34. The number of aliphatic hydroxyl groups is 1. The Labute approximate surface area is 167 Å². The van der Waals surface area contributed by atoms with Crippen molar-refractivity contribution in [3.8, 4) is 0 Å². The molecule has 0 radical (unpaired) electrons. The van der Waals surface area contributed by atoms with Crippen LogP contribution >= 0.6 is 0 Å². The molecule has 0 aromatic carbocycles. The molecular weight excluding hydrogens is 396 g/mol. The Morgan fingerprint density at radius 1 is 1.41 bits per heavy atom. The van der Waals surface area contributed by atoms with E-state index in [0.717, 1.165) is 0 Å². The molecule has 0 bridgehead atoms. The zero-order chi connectivity index (χ0) is 20.6. The van der Waals surface area contributed by atoms with Crippen molar-refractivity contribution in [2.45, 2.75) is 25.4 Å². The third kappa shape index (κ3) is 3.77. The van der Waals surface area contributed by atoms with Crippen LogP contribution in [0.3, 0.4) is 0 Å². The normalized spacial score (nSPS) is 19.3. The fourth-order valence-corrected chi connectivity index (χ4v) is 5.46. The Kier molecular flexibility index (Phi) is 5.13. The lowest BCUT2D eigenvalue weighted by Gasteiger charge is -2.04. The van der Waals surface area contributed by atoms with Crippen LogP contribution in [0.15, 0.2) is 35.3 Å². The molecular formula is C19H24N4O5S+2. The molecule has 1 atom stereocenters. The van der Waals surface area contributed by atoms with Crippen molar-refractivity contribution in [2.24, 2.45) is 0 Å². The summed E-state index contributed by atoms with van der Waals surface area (Å²) in [7, 11) is -1.46. The minimum atomic E-state index is -3.08. The van der Waals surface area contributed by atoms with Crippen LogP contribution in [0.2, 0.25) is 0 Å². The molecule has 1 saturated heterocycles. The average Bonchev–Trinajstić information content (AvgIpc) is 3.22. The number of nitrogens with zero attached hydrogens (tertiary/aromatic N) is 2. The van der Waals surface area contributed by atoms with E-state index < -0.39 is 9.84 Å². The molecule has 0 saturated carbocycles. The van der Waals surface area contributed by atoms with Crippen LogP contribution < -0.4 is 15.5 Å². The van der Waals surface area contributed by atoms with E-state index in [9.17, 15) is 18.3 Å². The van der Waals surface area contributed by atoms with E-state index in [1.165, 1.54) is 4.40 Å². The number of fused-ring (bicyclic) bond motifs is 2. The Morgan fingerprint density at radius 2 is 2.24 bits per heavy atom. The van der Waals surface area contributed by atoms with E-state index in [0.29, 0.717) is 48.4 Å². The lowest BCUT2D eigenvalue weighted by Crippen LogP contribution is -2.80. The first-order valence-corrected chi connectivity index (χ1v) is 11.3. The molecule has 0 aliphatic carbocycles. The zero-order valence-electron chi connectivity index (χ0n) is 16.1. The fraction of sp³-hybridized carbons (Fsp3) is 0.421. The molecule has 1 fully saturated rings. The minimum Gasteiger partial charge on any atom is -0.458 e. The maximum Gasteiger partial charge on any atom is 0.398 e. The molecule has 3 aromatic rings. The number of aromatic amines is 1. The highest BCUT2D eigenvalue weighted by Crippen LogP contribution is 2.15. The number of aliphatic hydroxyl groups excluding tert-OH is 1. The molecule has 3 N–H and O–H groups in total. The van der Waals surface area contributed by atoms with E-state index in [2.05, 4.69) is 9.98 Å². The SMILES string of the molecule is COCCCn1c(C(O)=[NH+][C@@H]2CCS(=O)(=O)C2)cc2c(=O)n3ccccc3[nH+]c21. The summed E-state index contributed by atoms with van der Waals surface area (Å²) in [6.45, 7) is 1.04. The molecule has 10 heteroatoms. The smallest absolute Gasteiger partial charge is 0.398 e. The molecule has 0 amide bonds. The number of hydrogen-bond donors (Lipinski definition) is 2. The maximum absolute atomic E-state index is 13.0. The van der Waals surface area contributed by atoms with Gasteiger partial charge in [0, 0.05) is 38.7 Å². The van der Waals surface area contributed by atoms with Crippen LogP contribution in [-0.4, -0.2) is 59.7 Å². The molecule has 1 aliphatic heterocycles. The number of nitrogens with one attached hydrogen (secondary N) is 2. The van der Waals surface area contributed by atoms with Gasteiger partial charge >= 0.3 is 11.5 Å². The van der Waals surface area contributed by atoms with E-state index in [1.807, 2.05) is 10.6 Å². The predicted molar refractivity (Wildman–Crippen MR) is 107 cm³/mol. The van der Waals surface area contributed by atoms with Crippen LogP contribution in [-0.2, 0) is 21.1 Å². The average molecular weight is 420 g/mol. The summed E-state index contributed by atoms with van der Waals surface area (Å²) in [5.41, 5.74) is 1.47. The molecule has 9 nitrogen and oxygen atoms in total. The van der Waals surface area contributed by atoms with Crippen molar-refractivity contribution in [1.82, 2.24) is 8.97 Å². The Bertz CT molecular complexity index is 1260. The summed E-state index contributed by atoms with van der Waals surface area (Å²) in [5, 5.41) is 11.2. The van der Waals surface area contributed by atoms with Crippen molar-refractivity contribution in [2.75, 3.05) is 25.2 Å². The van der Waals surface area contributed by atoms with Gasteiger partial charge in [-0.25, -0.2) is 27.8 Å². The monoisotopic (exact) mass is 420 g/mol. The van der Waals surface area contributed by atoms with E-state index in [4.69, 9.17) is 4.74 Å². The van der Waals surface area contributed by atoms with Crippen LogP contribution in [0.25, 0.3) is 16.7 Å². The Balaban J connectivity index is 1.85. The van der Waals surface area contributed by atoms with Gasteiger partial charge in [-0.15, -0.1) is 0 Å². The number of methoxy groups -OCH3 is 1. The van der Waals surface area contributed by atoms with Crippen molar-refractivity contribution in [3.05, 3.63) is 46.5 Å². The summed E-state index contributed by atoms with van der Waals surface area (Å²) < 4.78 is 31.9. The lowest BCUT2D eigenvalue weighted by atomic mass is 10.3. The number of sulfone groups is 1. The number of aryl methyl sites for hydroxylation is 1. The van der Waals surface area contributed by atoms with Gasteiger partial charge in [-0.1, -0.05) is 6.07 Å². The topological polar surface area (TPSA) is 118 Å². The quantitative estimate of drug-likeness (QED) is 0.291. The molecule has 3 aromatic heterocycles. The van der Waals surface area contributed by atoms with Crippen molar-refractivity contribution in [1.29, 1.82) is 0 Å². The first-order chi connectivity index (χ1) is 13.9.